The van der Waals surface area contributed by atoms with Gasteiger partial charge in [0.05, 0.1) is 18.2 Å². The number of aromatic nitrogens is 2. The van der Waals surface area contributed by atoms with Crippen LogP contribution in [0.15, 0.2) is 28.2 Å². The van der Waals surface area contributed by atoms with Crippen LogP contribution in [0, 0.1) is 20.8 Å². The molecule has 0 saturated carbocycles. The van der Waals surface area contributed by atoms with E-state index in [4.69, 9.17) is 4.74 Å². The summed E-state index contributed by atoms with van der Waals surface area (Å²) < 4.78 is 5.21. The van der Waals surface area contributed by atoms with Gasteiger partial charge in [-0.2, -0.15) is 0 Å². The summed E-state index contributed by atoms with van der Waals surface area (Å²) in [6.45, 7) is 5.80. The molecule has 0 aliphatic rings. The van der Waals surface area contributed by atoms with Gasteiger partial charge in [-0.25, -0.2) is 4.98 Å². The second-order valence-electron chi connectivity index (χ2n) is 5.73. The lowest BCUT2D eigenvalue weighted by atomic mass is 10.1. The molecule has 0 fully saturated rings. The molecule has 2 heterocycles. The Kier molecular flexibility index (Phi) is 4.96. The molecule has 2 aromatic heterocycles. The second-order valence-corrected chi connectivity index (χ2v) is 7.90. The Bertz CT molecular complexity index is 1020. The Morgan fingerprint density at radius 1 is 1.32 bits per heavy atom. The lowest BCUT2D eigenvalue weighted by Crippen LogP contribution is -2.10. The Morgan fingerprint density at radius 3 is 2.76 bits per heavy atom. The number of fused-ring (bicyclic) bond motifs is 1. The Morgan fingerprint density at radius 2 is 2.08 bits per heavy atom. The molecule has 0 radical (unpaired) electrons. The Balaban J connectivity index is 1.79. The Hall–Kier alpha value is -2.12. The smallest absolute Gasteiger partial charge is 0.260 e. The molecular weight excluding hydrogens is 356 g/mol. The molecule has 0 amide bonds. The van der Waals surface area contributed by atoms with E-state index in [2.05, 4.69) is 9.97 Å². The zero-order chi connectivity index (χ0) is 18.1. The number of carbonyl (C=O) groups excluding carboxylic acids is 1. The monoisotopic (exact) mass is 374 g/mol. The van der Waals surface area contributed by atoms with Gasteiger partial charge in [-0.05, 0) is 50.1 Å². The molecule has 0 atom stereocenters. The predicted octanol–water partition coefficient (Wildman–Crippen LogP) is 3.89. The van der Waals surface area contributed by atoms with Gasteiger partial charge in [0.1, 0.15) is 10.6 Å². The molecule has 0 saturated heterocycles. The van der Waals surface area contributed by atoms with Crippen molar-refractivity contribution in [2.75, 3.05) is 12.9 Å². The number of Topliss-reactive ketones (excluding diaryl/α,β-unsaturated/α-hetero) is 1. The summed E-state index contributed by atoms with van der Waals surface area (Å²) in [5.41, 5.74) is 2.35. The van der Waals surface area contributed by atoms with E-state index in [1.807, 2.05) is 26.8 Å². The first-order valence-electron chi connectivity index (χ1n) is 7.71. The third kappa shape index (κ3) is 3.48. The molecule has 0 unspecified atom stereocenters. The molecule has 5 nitrogen and oxygen atoms in total. The van der Waals surface area contributed by atoms with Crippen LogP contribution in [-0.2, 0) is 0 Å². The number of thiophene rings is 1. The van der Waals surface area contributed by atoms with Gasteiger partial charge >= 0.3 is 0 Å². The van der Waals surface area contributed by atoms with Crippen molar-refractivity contribution in [3.63, 3.8) is 0 Å². The minimum Gasteiger partial charge on any atom is -0.496 e. The van der Waals surface area contributed by atoms with Gasteiger partial charge in [-0.1, -0.05) is 11.8 Å². The highest BCUT2D eigenvalue weighted by Crippen LogP contribution is 2.27. The topological polar surface area (TPSA) is 72.0 Å². The largest absolute Gasteiger partial charge is 0.496 e. The van der Waals surface area contributed by atoms with Gasteiger partial charge < -0.3 is 9.72 Å². The number of ether oxygens (including phenoxy) is 1. The third-order valence-electron chi connectivity index (χ3n) is 4.07. The minimum absolute atomic E-state index is 0.0166. The summed E-state index contributed by atoms with van der Waals surface area (Å²) in [6, 6.07) is 5.35. The van der Waals surface area contributed by atoms with Gasteiger partial charge in [0.2, 0.25) is 0 Å². The van der Waals surface area contributed by atoms with E-state index >= 15 is 0 Å². The highest BCUT2D eigenvalue weighted by Gasteiger charge is 2.14. The van der Waals surface area contributed by atoms with Gasteiger partial charge in [0.25, 0.3) is 5.56 Å². The predicted molar refractivity (Wildman–Crippen MR) is 103 cm³/mol. The number of methoxy groups -OCH3 is 1. The summed E-state index contributed by atoms with van der Waals surface area (Å²) in [5.74, 6) is 0.949. The number of rotatable bonds is 5. The molecule has 0 spiro atoms. The number of H-pyrrole nitrogens is 1. The van der Waals surface area contributed by atoms with Crippen molar-refractivity contribution in [2.24, 2.45) is 0 Å². The summed E-state index contributed by atoms with van der Waals surface area (Å²) in [7, 11) is 1.60. The second kappa shape index (κ2) is 7.01. The van der Waals surface area contributed by atoms with Crippen molar-refractivity contribution < 1.29 is 9.53 Å². The summed E-state index contributed by atoms with van der Waals surface area (Å²) in [5, 5.41) is 1.11. The van der Waals surface area contributed by atoms with E-state index in [1.165, 1.54) is 23.1 Å². The maximum absolute atomic E-state index is 12.4. The molecule has 0 aliphatic heterocycles. The van der Waals surface area contributed by atoms with Crippen LogP contribution in [0.1, 0.15) is 26.4 Å². The number of aryl methyl sites for hydroxylation is 3. The van der Waals surface area contributed by atoms with Crippen molar-refractivity contribution in [2.45, 2.75) is 25.9 Å². The average molecular weight is 374 g/mol. The van der Waals surface area contributed by atoms with Crippen molar-refractivity contribution in [1.29, 1.82) is 0 Å². The molecular formula is C18H18N2O3S2. The van der Waals surface area contributed by atoms with Gasteiger partial charge in [0, 0.05) is 10.4 Å². The fourth-order valence-electron chi connectivity index (χ4n) is 2.57. The number of nitrogens with zero attached hydrogens (tertiary/aromatic N) is 1. The number of hydrogen-bond acceptors (Lipinski definition) is 6. The molecule has 1 aromatic carbocycles. The summed E-state index contributed by atoms with van der Waals surface area (Å²) in [4.78, 5) is 33.7. The maximum Gasteiger partial charge on any atom is 0.260 e. The number of nitrogens with one attached hydrogen (secondary N) is 1. The van der Waals surface area contributed by atoms with Crippen molar-refractivity contribution in [3.05, 3.63) is 50.1 Å². The number of aromatic amines is 1. The molecule has 3 aromatic rings. The first-order valence-corrected chi connectivity index (χ1v) is 9.51. The average Bonchev–Trinajstić information content (AvgIpc) is 2.87. The molecule has 0 aliphatic carbocycles. The van der Waals surface area contributed by atoms with Crippen LogP contribution in [0.5, 0.6) is 5.75 Å². The van der Waals surface area contributed by atoms with Crippen LogP contribution in [0.2, 0.25) is 0 Å². The lowest BCUT2D eigenvalue weighted by molar-refractivity contribution is 0.102. The van der Waals surface area contributed by atoms with Crippen molar-refractivity contribution in [1.82, 2.24) is 9.97 Å². The lowest BCUT2D eigenvalue weighted by Gasteiger charge is -2.06. The van der Waals surface area contributed by atoms with Crippen molar-refractivity contribution >= 4 is 39.1 Å². The minimum atomic E-state index is -0.151. The quantitative estimate of drug-likeness (QED) is 0.417. The zero-order valence-electron chi connectivity index (χ0n) is 14.4. The fourth-order valence-corrected chi connectivity index (χ4v) is 4.42. The SMILES string of the molecule is COc1ccc(C(=O)CSc2nc3sc(C)c(C)c3c(=O)[nH]2)cc1C. The number of carbonyl (C=O) groups is 1. The Labute approximate surface area is 153 Å². The van der Waals surface area contributed by atoms with E-state index in [-0.39, 0.29) is 17.1 Å². The summed E-state index contributed by atoms with van der Waals surface area (Å²) >= 11 is 2.74. The van der Waals surface area contributed by atoms with E-state index in [1.54, 1.807) is 19.2 Å². The highest BCUT2D eigenvalue weighted by atomic mass is 32.2. The normalized spacial score (nSPS) is 11.0. The molecule has 130 valence electrons. The first kappa shape index (κ1) is 17.7. The zero-order valence-corrected chi connectivity index (χ0v) is 16.1. The highest BCUT2D eigenvalue weighted by molar-refractivity contribution is 7.99. The van der Waals surface area contributed by atoms with Crippen LogP contribution in [0.3, 0.4) is 0 Å². The number of ketones is 1. The summed E-state index contributed by atoms with van der Waals surface area (Å²) in [6.07, 6.45) is 0. The van der Waals surface area contributed by atoms with Crippen LogP contribution >= 0.6 is 23.1 Å². The van der Waals surface area contributed by atoms with E-state index in [0.29, 0.717) is 20.9 Å². The van der Waals surface area contributed by atoms with Crippen LogP contribution < -0.4 is 10.3 Å². The molecule has 3 rings (SSSR count). The molecule has 25 heavy (non-hydrogen) atoms. The van der Waals surface area contributed by atoms with Gasteiger partial charge in [0.15, 0.2) is 10.9 Å². The van der Waals surface area contributed by atoms with Gasteiger partial charge in [-0.3, -0.25) is 9.59 Å². The first-order chi connectivity index (χ1) is 11.9. The number of thioether (sulfide) groups is 1. The fraction of sp³-hybridized carbons (Fsp3) is 0.278. The van der Waals surface area contributed by atoms with Crippen LogP contribution in [0.25, 0.3) is 10.2 Å². The van der Waals surface area contributed by atoms with Crippen molar-refractivity contribution in [3.8, 4) is 5.75 Å². The molecule has 1 N–H and O–H groups in total. The van der Waals surface area contributed by atoms with Gasteiger partial charge in [-0.15, -0.1) is 11.3 Å². The standard InChI is InChI=1S/C18H18N2O3S2/c1-9-7-12(5-6-14(9)23-4)13(21)8-24-18-19-16(22)15-10(2)11(3)25-17(15)20-18/h5-7H,8H2,1-4H3,(H,19,20,22). The number of hydrogen-bond donors (Lipinski definition) is 1. The van der Waals surface area contributed by atoms with Crippen LogP contribution in [-0.4, -0.2) is 28.6 Å². The maximum atomic E-state index is 12.4. The number of benzene rings is 1. The van der Waals surface area contributed by atoms with E-state index < -0.39 is 0 Å². The van der Waals surface area contributed by atoms with E-state index in [0.717, 1.165) is 21.8 Å². The van der Waals surface area contributed by atoms with Crippen LogP contribution in [0.4, 0.5) is 0 Å². The third-order valence-corrected chi connectivity index (χ3v) is 6.05. The molecule has 0 bridgehead atoms. The van der Waals surface area contributed by atoms with E-state index in [9.17, 15) is 9.59 Å². The molecule has 7 heteroatoms.